The average molecular weight is 397 g/mol. The van der Waals surface area contributed by atoms with Gasteiger partial charge in [0.1, 0.15) is 42.7 Å². The van der Waals surface area contributed by atoms with Crippen molar-refractivity contribution in [2.75, 3.05) is 6.61 Å². The number of aliphatic hydroxyl groups is 6. The zero-order valence-corrected chi connectivity index (χ0v) is 14.2. The van der Waals surface area contributed by atoms with Gasteiger partial charge in [0.25, 0.3) is 0 Å². The summed E-state index contributed by atoms with van der Waals surface area (Å²) < 4.78 is 15.3. The van der Waals surface area contributed by atoms with Gasteiger partial charge >= 0.3 is 5.97 Å². The van der Waals surface area contributed by atoms with Crippen LogP contribution in [-0.4, -0.2) is 116 Å². The summed E-state index contributed by atoms with van der Waals surface area (Å²) in [5.41, 5.74) is 0. The van der Waals surface area contributed by atoms with Crippen LogP contribution in [0.5, 0.6) is 0 Å². The number of ether oxygens (including phenoxy) is 3. The first-order valence-electron chi connectivity index (χ1n) is 8.06. The van der Waals surface area contributed by atoms with Gasteiger partial charge in [0, 0.05) is 6.92 Å². The summed E-state index contributed by atoms with van der Waals surface area (Å²) in [7, 11) is 0. The summed E-state index contributed by atoms with van der Waals surface area (Å²) >= 11 is 0. The molecule has 156 valence electrons. The van der Waals surface area contributed by atoms with Crippen LogP contribution in [0.15, 0.2) is 0 Å². The molecule has 0 aromatic heterocycles. The van der Waals surface area contributed by atoms with Crippen molar-refractivity contribution in [2.24, 2.45) is 0 Å². The highest BCUT2D eigenvalue weighted by molar-refractivity contribution is 5.73. The van der Waals surface area contributed by atoms with Crippen molar-refractivity contribution in [1.82, 2.24) is 5.32 Å². The largest absolute Gasteiger partial charge is 0.479 e. The van der Waals surface area contributed by atoms with Gasteiger partial charge in [-0.05, 0) is 0 Å². The molecule has 0 aliphatic carbocycles. The van der Waals surface area contributed by atoms with E-state index in [1.807, 2.05) is 0 Å². The molecule has 10 atom stereocenters. The quantitative estimate of drug-likeness (QED) is 0.218. The second-order valence-electron chi connectivity index (χ2n) is 6.30. The maximum absolute atomic E-state index is 11.4. The zero-order valence-electron chi connectivity index (χ0n) is 14.2. The standard InChI is InChI=1S/C14H23NO12/c1-3(17)15-5-10(6(18)4(2-16)25-13(5)24)26-14-9(21)7(19)8(20)11(27-14)12(22)23/h4-11,13-14,16,18-21,24H,2H2,1H3,(H,15,17)(H,22,23)/t4-,5-,6+,7+,8-,9-,10-,11+,13-,14-/m1/s1. The molecule has 2 fully saturated rings. The smallest absolute Gasteiger partial charge is 0.335 e. The van der Waals surface area contributed by atoms with Gasteiger partial charge in [-0.25, -0.2) is 4.79 Å². The van der Waals surface area contributed by atoms with Crippen molar-refractivity contribution in [3.8, 4) is 0 Å². The average Bonchev–Trinajstić information content (AvgIpc) is 2.60. The van der Waals surface area contributed by atoms with Crippen LogP contribution in [0.2, 0.25) is 0 Å². The topological polar surface area (TPSA) is 215 Å². The van der Waals surface area contributed by atoms with E-state index in [1.54, 1.807) is 0 Å². The van der Waals surface area contributed by atoms with Crippen molar-refractivity contribution >= 4 is 11.9 Å². The van der Waals surface area contributed by atoms with Crippen molar-refractivity contribution in [2.45, 2.75) is 68.3 Å². The molecule has 0 aromatic carbocycles. The van der Waals surface area contributed by atoms with Crippen molar-refractivity contribution in [3.05, 3.63) is 0 Å². The lowest BCUT2D eigenvalue weighted by atomic mass is 9.95. The number of carbonyl (C=O) groups excluding carboxylic acids is 1. The molecule has 0 unspecified atom stereocenters. The molecule has 2 aliphatic heterocycles. The maximum Gasteiger partial charge on any atom is 0.335 e. The molecule has 0 saturated carbocycles. The molecule has 2 aliphatic rings. The van der Waals surface area contributed by atoms with Crippen LogP contribution in [0.25, 0.3) is 0 Å². The van der Waals surface area contributed by atoms with Crippen LogP contribution in [0, 0.1) is 0 Å². The number of hydrogen-bond donors (Lipinski definition) is 8. The van der Waals surface area contributed by atoms with Crippen LogP contribution >= 0.6 is 0 Å². The van der Waals surface area contributed by atoms with Gasteiger partial charge in [-0.15, -0.1) is 0 Å². The molecule has 0 aromatic rings. The minimum atomic E-state index is -1.95. The van der Waals surface area contributed by atoms with E-state index in [0.717, 1.165) is 6.92 Å². The fourth-order valence-corrected chi connectivity index (χ4v) is 2.95. The zero-order chi connectivity index (χ0) is 20.5. The Bertz CT molecular complexity index is 546. The van der Waals surface area contributed by atoms with E-state index in [4.69, 9.17) is 19.3 Å². The first-order chi connectivity index (χ1) is 12.6. The number of carbonyl (C=O) groups is 2. The fraction of sp³-hybridized carbons (Fsp3) is 0.857. The lowest BCUT2D eigenvalue weighted by Crippen LogP contribution is -2.67. The van der Waals surface area contributed by atoms with Gasteiger partial charge in [-0.3, -0.25) is 4.79 Å². The highest BCUT2D eigenvalue weighted by Gasteiger charge is 2.52. The Morgan fingerprint density at radius 1 is 1.00 bits per heavy atom. The van der Waals surface area contributed by atoms with Crippen LogP contribution in [0.3, 0.4) is 0 Å². The van der Waals surface area contributed by atoms with Crippen LogP contribution in [-0.2, 0) is 23.8 Å². The Hall–Kier alpha value is -1.42. The van der Waals surface area contributed by atoms with Crippen LogP contribution in [0.4, 0.5) is 0 Å². The third-order valence-corrected chi connectivity index (χ3v) is 4.35. The molecule has 0 spiro atoms. The molecule has 13 nitrogen and oxygen atoms in total. The molecular weight excluding hydrogens is 374 g/mol. The van der Waals surface area contributed by atoms with E-state index >= 15 is 0 Å². The minimum Gasteiger partial charge on any atom is -0.479 e. The van der Waals surface area contributed by atoms with Gasteiger partial charge in [-0.1, -0.05) is 0 Å². The molecule has 13 heteroatoms. The summed E-state index contributed by atoms with van der Waals surface area (Å²) in [4.78, 5) is 22.5. The predicted octanol–water partition coefficient (Wildman–Crippen LogP) is -5.16. The molecular formula is C14H23NO12. The van der Waals surface area contributed by atoms with Crippen molar-refractivity contribution in [3.63, 3.8) is 0 Å². The monoisotopic (exact) mass is 397 g/mol. The van der Waals surface area contributed by atoms with E-state index in [1.165, 1.54) is 0 Å². The van der Waals surface area contributed by atoms with E-state index in [2.05, 4.69) is 5.32 Å². The highest BCUT2D eigenvalue weighted by Crippen LogP contribution is 2.28. The van der Waals surface area contributed by atoms with Crippen molar-refractivity contribution < 1.29 is 59.5 Å². The number of aliphatic carboxylic acids is 1. The first-order valence-corrected chi connectivity index (χ1v) is 8.06. The van der Waals surface area contributed by atoms with E-state index in [9.17, 15) is 40.2 Å². The second-order valence-corrected chi connectivity index (χ2v) is 6.30. The highest BCUT2D eigenvalue weighted by atomic mass is 16.7. The molecule has 8 N–H and O–H groups in total. The summed E-state index contributed by atoms with van der Waals surface area (Å²) in [6, 6.07) is -1.37. The van der Waals surface area contributed by atoms with E-state index < -0.39 is 79.8 Å². The number of hydrogen-bond acceptors (Lipinski definition) is 11. The Labute approximate surface area is 152 Å². The molecule has 0 radical (unpaired) electrons. The fourth-order valence-electron chi connectivity index (χ4n) is 2.95. The van der Waals surface area contributed by atoms with Gasteiger partial charge < -0.3 is 55.3 Å². The number of nitrogens with one attached hydrogen (secondary N) is 1. The van der Waals surface area contributed by atoms with Crippen LogP contribution in [0.1, 0.15) is 6.92 Å². The van der Waals surface area contributed by atoms with E-state index in [0.29, 0.717) is 0 Å². The van der Waals surface area contributed by atoms with Gasteiger partial charge in [-0.2, -0.15) is 0 Å². The molecule has 2 heterocycles. The Morgan fingerprint density at radius 3 is 2.15 bits per heavy atom. The minimum absolute atomic E-state index is 0.630. The Kier molecular flexibility index (Phi) is 7.07. The Morgan fingerprint density at radius 2 is 1.63 bits per heavy atom. The van der Waals surface area contributed by atoms with Gasteiger partial charge in [0.15, 0.2) is 18.7 Å². The number of aliphatic hydroxyl groups excluding tert-OH is 6. The van der Waals surface area contributed by atoms with E-state index in [-0.39, 0.29) is 0 Å². The molecule has 27 heavy (non-hydrogen) atoms. The normalized spacial score (nSPS) is 45.3. The summed E-state index contributed by atoms with van der Waals surface area (Å²) in [5, 5.41) is 70.4. The SMILES string of the molecule is CC(=O)N[C@@H]1[C@@H](O[C@@H]2O[C@H](C(=O)O)[C@H](O)[C@H](O)[C@H]2O)[C@@H](O)[C@@H](CO)O[C@H]1O. The third kappa shape index (κ3) is 4.53. The number of carboxylic acid groups (broad SMARTS) is 1. The van der Waals surface area contributed by atoms with Crippen molar-refractivity contribution in [1.29, 1.82) is 0 Å². The lowest BCUT2D eigenvalue weighted by Gasteiger charge is -2.46. The molecule has 2 saturated heterocycles. The summed E-state index contributed by atoms with van der Waals surface area (Å²) in [6.07, 6.45) is -15.8. The second kappa shape index (κ2) is 8.72. The third-order valence-electron chi connectivity index (χ3n) is 4.35. The number of carboxylic acids is 1. The maximum atomic E-state index is 11.4. The molecule has 2 rings (SSSR count). The van der Waals surface area contributed by atoms with Crippen LogP contribution < -0.4 is 5.32 Å². The number of rotatable bonds is 5. The summed E-state index contributed by atoms with van der Waals surface area (Å²) in [5.74, 6) is -2.27. The first kappa shape index (κ1) is 21.9. The summed E-state index contributed by atoms with van der Waals surface area (Å²) in [6.45, 7) is 0.388. The van der Waals surface area contributed by atoms with Gasteiger partial charge in [0.2, 0.25) is 5.91 Å². The van der Waals surface area contributed by atoms with Gasteiger partial charge in [0.05, 0.1) is 6.61 Å². The predicted molar refractivity (Wildman–Crippen MR) is 80.8 cm³/mol. The Balaban J connectivity index is 2.25. The molecule has 1 amide bonds. The number of amides is 1. The molecule has 0 bridgehead atoms. The lowest BCUT2D eigenvalue weighted by molar-refractivity contribution is -0.336.